The van der Waals surface area contributed by atoms with Gasteiger partial charge in [0.2, 0.25) is 5.91 Å². The molecule has 1 atom stereocenters. The summed E-state index contributed by atoms with van der Waals surface area (Å²) in [6, 6.07) is 6.31. The van der Waals surface area contributed by atoms with Crippen LogP contribution in [0.2, 0.25) is 5.02 Å². The zero-order valence-corrected chi connectivity index (χ0v) is 18.8. The molecule has 0 bridgehead atoms. The third-order valence-electron chi connectivity index (χ3n) is 6.62. The molecule has 4 nitrogen and oxygen atoms in total. The van der Waals surface area contributed by atoms with Crippen molar-refractivity contribution in [2.45, 2.75) is 71.6 Å². The van der Waals surface area contributed by atoms with Crippen molar-refractivity contribution in [1.82, 2.24) is 4.90 Å². The monoisotopic (exact) mass is 417 g/mol. The van der Waals surface area contributed by atoms with Crippen molar-refractivity contribution in [2.24, 2.45) is 11.3 Å². The molecule has 158 valence electrons. The molecule has 1 amide bonds. The van der Waals surface area contributed by atoms with Crippen LogP contribution in [0.1, 0.15) is 77.3 Å². The molecule has 2 aliphatic rings. The van der Waals surface area contributed by atoms with E-state index in [0.29, 0.717) is 17.8 Å². The van der Waals surface area contributed by atoms with Gasteiger partial charge in [0.15, 0.2) is 0 Å². The molecule has 0 saturated heterocycles. The van der Waals surface area contributed by atoms with Crippen LogP contribution in [0.3, 0.4) is 0 Å². The van der Waals surface area contributed by atoms with Crippen LogP contribution in [-0.4, -0.2) is 28.4 Å². The molecule has 0 unspecified atom stereocenters. The summed E-state index contributed by atoms with van der Waals surface area (Å²) in [7, 11) is 0. The normalized spacial score (nSPS) is 24.4. The first-order valence-electron chi connectivity index (χ1n) is 10.5. The molecule has 5 heteroatoms. The number of carboxylic acids is 1. The number of benzene rings is 1. The first-order valence-corrected chi connectivity index (χ1v) is 10.8. The van der Waals surface area contributed by atoms with Crippen LogP contribution in [-0.2, 0) is 15.0 Å². The van der Waals surface area contributed by atoms with Gasteiger partial charge in [-0.2, -0.15) is 0 Å². The van der Waals surface area contributed by atoms with E-state index in [9.17, 15) is 9.59 Å². The quantitative estimate of drug-likeness (QED) is 0.641. The van der Waals surface area contributed by atoms with Crippen molar-refractivity contribution < 1.29 is 14.7 Å². The summed E-state index contributed by atoms with van der Waals surface area (Å²) in [6.07, 6.45) is 4.44. The maximum Gasteiger partial charge on any atom is 0.305 e. The lowest BCUT2D eigenvalue weighted by Crippen LogP contribution is -2.42. The number of rotatable bonds is 6. The van der Waals surface area contributed by atoms with Gasteiger partial charge in [0.05, 0.1) is 6.42 Å². The third-order valence-corrected chi connectivity index (χ3v) is 6.95. The maximum absolute atomic E-state index is 12.8. The third kappa shape index (κ3) is 4.37. The number of carbonyl (C=O) groups is 2. The Kier molecular flexibility index (Phi) is 5.88. The molecule has 1 aliphatic carbocycles. The van der Waals surface area contributed by atoms with Gasteiger partial charge in [0.1, 0.15) is 0 Å². The van der Waals surface area contributed by atoms with E-state index >= 15 is 0 Å². The van der Waals surface area contributed by atoms with Gasteiger partial charge in [0, 0.05) is 29.6 Å². The second kappa shape index (κ2) is 7.79. The van der Waals surface area contributed by atoms with Gasteiger partial charge in [-0.25, -0.2) is 0 Å². The highest BCUT2D eigenvalue weighted by atomic mass is 35.5. The van der Waals surface area contributed by atoms with E-state index in [0.717, 1.165) is 29.0 Å². The molecular formula is C24H32ClNO3. The molecule has 1 heterocycles. The maximum atomic E-state index is 12.8. The van der Waals surface area contributed by atoms with Gasteiger partial charge in [-0.05, 0) is 52.9 Å². The number of allylic oxidation sites excluding steroid dienone is 1. The predicted octanol–water partition coefficient (Wildman–Crippen LogP) is 5.75. The Morgan fingerprint density at radius 3 is 2.45 bits per heavy atom. The lowest BCUT2D eigenvalue weighted by Gasteiger charge is -2.44. The summed E-state index contributed by atoms with van der Waals surface area (Å²) in [6.45, 7) is 11.1. The number of halogens is 1. The van der Waals surface area contributed by atoms with E-state index in [2.05, 4.69) is 46.8 Å². The minimum atomic E-state index is -0.896. The average molecular weight is 418 g/mol. The Morgan fingerprint density at radius 1 is 1.28 bits per heavy atom. The van der Waals surface area contributed by atoms with Crippen LogP contribution in [0.5, 0.6) is 0 Å². The summed E-state index contributed by atoms with van der Waals surface area (Å²) < 4.78 is 0. The van der Waals surface area contributed by atoms with E-state index in [1.165, 1.54) is 5.56 Å². The standard InChI is InChI=1S/C24H32ClNO3/c1-15(2)19-14-26(9-8-22(28)29)21(27)13-24(19,5)17-6-7-18(20(25)10-17)16-11-23(3,4)12-16/h6-7,10,14-16H,8-9,11-13H2,1-5H3,(H,28,29)/t24-/m0/s1. The minimum absolute atomic E-state index is 0.0425. The topological polar surface area (TPSA) is 57.6 Å². The van der Waals surface area contributed by atoms with Crippen molar-refractivity contribution >= 4 is 23.5 Å². The van der Waals surface area contributed by atoms with Crippen molar-refractivity contribution in [3.63, 3.8) is 0 Å². The lowest BCUT2D eigenvalue weighted by atomic mass is 9.62. The highest BCUT2D eigenvalue weighted by molar-refractivity contribution is 6.31. The van der Waals surface area contributed by atoms with Gasteiger partial charge < -0.3 is 10.0 Å². The van der Waals surface area contributed by atoms with Crippen LogP contribution < -0.4 is 0 Å². The molecule has 0 spiro atoms. The van der Waals surface area contributed by atoms with Crippen LogP contribution in [0.4, 0.5) is 0 Å². The van der Waals surface area contributed by atoms with Gasteiger partial charge in [-0.15, -0.1) is 0 Å². The van der Waals surface area contributed by atoms with E-state index in [-0.39, 0.29) is 24.8 Å². The van der Waals surface area contributed by atoms with Crippen LogP contribution >= 0.6 is 11.6 Å². The van der Waals surface area contributed by atoms with Crippen molar-refractivity contribution in [3.05, 3.63) is 46.1 Å². The number of aliphatic carboxylic acids is 1. The molecule has 29 heavy (non-hydrogen) atoms. The molecule has 1 aromatic rings. The summed E-state index contributed by atoms with van der Waals surface area (Å²) in [5, 5.41) is 9.76. The van der Waals surface area contributed by atoms with Gasteiger partial charge in [-0.1, -0.05) is 58.4 Å². The van der Waals surface area contributed by atoms with Crippen LogP contribution in [0, 0.1) is 11.3 Å². The zero-order chi connectivity index (χ0) is 21.6. The molecule has 1 aromatic carbocycles. The molecule has 0 radical (unpaired) electrons. The van der Waals surface area contributed by atoms with Crippen molar-refractivity contribution in [2.75, 3.05) is 6.54 Å². The van der Waals surface area contributed by atoms with Crippen molar-refractivity contribution in [3.8, 4) is 0 Å². The molecule has 3 rings (SSSR count). The fourth-order valence-electron chi connectivity index (χ4n) is 5.04. The Balaban J connectivity index is 1.91. The van der Waals surface area contributed by atoms with Crippen LogP contribution in [0.15, 0.2) is 30.0 Å². The van der Waals surface area contributed by atoms with Gasteiger partial charge >= 0.3 is 5.97 Å². The number of hydrogen-bond donors (Lipinski definition) is 1. The van der Waals surface area contributed by atoms with Crippen molar-refractivity contribution in [1.29, 1.82) is 0 Å². The van der Waals surface area contributed by atoms with E-state index in [1.54, 1.807) is 4.90 Å². The van der Waals surface area contributed by atoms with E-state index in [4.69, 9.17) is 16.7 Å². The van der Waals surface area contributed by atoms with Gasteiger partial charge in [-0.3, -0.25) is 9.59 Å². The summed E-state index contributed by atoms with van der Waals surface area (Å²) in [5.41, 5.74) is 3.35. The number of carbonyl (C=O) groups excluding carboxylic acids is 1. The zero-order valence-electron chi connectivity index (χ0n) is 18.1. The smallest absolute Gasteiger partial charge is 0.305 e. The number of hydrogen-bond acceptors (Lipinski definition) is 2. The highest BCUT2D eigenvalue weighted by Gasteiger charge is 2.41. The fraction of sp³-hybridized carbons (Fsp3) is 0.583. The van der Waals surface area contributed by atoms with Crippen LogP contribution in [0.25, 0.3) is 0 Å². The molecule has 1 aliphatic heterocycles. The Hall–Kier alpha value is -1.81. The second-order valence-corrected chi connectivity index (χ2v) is 10.4. The number of amides is 1. The number of carboxylic acid groups (broad SMARTS) is 1. The molecule has 0 aromatic heterocycles. The Bertz CT molecular complexity index is 850. The SMILES string of the molecule is CC(C)C1=CN(CCC(=O)O)C(=O)C[C@@]1(C)c1ccc(C2CC(C)(C)C2)c(Cl)c1. The molecule has 1 fully saturated rings. The first-order chi connectivity index (χ1) is 13.4. The average Bonchev–Trinajstić information content (AvgIpc) is 2.58. The molecule has 1 N–H and O–H groups in total. The first kappa shape index (κ1) is 21.9. The summed E-state index contributed by atoms with van der Waals surface area (Å²) in [5.74, 6) is -0.198. The van der Waals surface area contributed by atoms with Gasteiger partial charge in [0.25, 0.3) is 0 Å². The second-order valence-electron chi connectivity index (χ2n) is 9.98. The minimum Gasteiger partial charge on any atom is -0.481 e. The summed E-state index contributed by atoms with van der Waals surface area (Å²) in [4.78, 5) is 25.3. The molecule has 1 saturated carbocycles. The Labute approximate surface area is 178 Å². The fourth-order valence-corrected chi connectivity index (χ4v) is 5.38. The molecular weight excluding hydrogens is 386 g/mol. The lowest BCUT2D eigenvalue weighted by molar-refractivity contribution is -0.138. The van der Waals surface area contributed by atoms with E-state index < -0.39 is 11.4 Å². The summed E-state index contributed by atoms with van der Waals surface area (Å²) >= 11 is 6.71. The highest BCUT2D eigenvalue weighted by Crippen LogP contribution is 2.52. The largest absolute Gasteiger partial charge is 0.481 e. The predicted molar refractivity (Wildman–Crippen MR) is 116 cm³/mol. The van der Waals surface area contributed by atoms with E-state index in [1.807, 2.05) is 12.3 Å². The Morgan fingerprint density at radius 2 is 1.93 bits per heavy atom. The number of nitrogens with zero attached hydrogens (tertiary/aromatic N) is 1.